The van der Waals surface area contributed by atoms with Crippen LogP contribution in [0, 0.1) is 12.7 Å². The SMILES string of the molecule is Cc1cn2cc(-c3ncc4nc(N(C)C5CC6CCCC(C5)N6)sc4n3)cc(F)c2n1. The van der Waals surface area contributed by atoms with E-state index in [0.717, 1.165) is 34.0 Å². The minimum Gasteiger partial charge on any atom is -0.348 e. The number of aromatic nitrogens is 5. The van der Waals surface area contributed by atoms with Crippen LogP contribution in [-0.2, 0) is 0 Å². The molecule has 6 heterocycles. The second-order valence-electron chi connectivity index (χ2n) is 8.80. The number of aryl methyl sites for hydroxylation is 1. The Hall–Kier alpha value is -2.65. The van der Waals surface area contributed by atoms with Crippen molar-refractivity contribution in [2.45, 2.75) is 57.2 Å². The van der Waals surface area contributed by atoms with Gasteiger partial charge in [-0.05, 0) is 38.7 Å². The third-order valence-corrected chi connectivity index (χ3v) is 7.62. The number of nitrogens with zero attached hydrogens (tertiary/aromatic N) is 6. The molecule has 2 aliphatic rings. The lowest BCUT2D eigenvalue weighted by Gasteiger charge is -2.43. The number of pyridine rings is 1. The van der Waals surface area contributed by atoms with Gasteiger partial charge >= 0.3 is 0 Å². The molecule has 4 aromatic heterocycles. The highest BCUT2D eigenvalue weighted by Gasteiger charge is 2.33. The van der Waals surface area contributed by atoms with Gasteiger partial charge in [-0.2, -0.15) is 0 Å². The van der Waals surface area contributed by atoms with E-state index in [-0.39, 0.29) is 5.82 Å². The number of hydrogen-bond donors (Lipinski definition) is 1. The smallest absolute Gasteiger partial charge is 0.187 e. The number of halogens is 1. The summed E-state index contributed by atoms with van der Waals surface area (Å²) in [6, 6.07) is 3.19. The molecule has 4 aromatic rings. The van der Waals surface area contributed by atoms with Gasteiger partial charge in [0.1, 0.15) is 10.3 Å². The average molecular weight is 438 g/mol. The lowest BCUT2D eigenvalue weighted by Crippen LogP contribution is -2.54. The number of nitrogens with one attached hydrogen (secondary N) is 1. The molecular formula is C22H24FN7S. The fourth-order valence-electron chi connectivity index (χ4n) is 5.02. The summed E-state index contributed by atoms with van der Waals surface area (Å²) >= 11 is 1.58. The van der Waals surface area contributed by atoms with Crippen molar-refractivity contribution < 1.29 is 4.39 Å². The summed E-state index contributed by atoms with van der Waals surface area (Å²) in [6.07, 6.45) is 11.6. The van der Waals surface area contributed by atoms with Gasteiger partial charge < -0.3 is 14.6 Å². The largest absolute Gasteiger partial charge is 0.348 e. The van der Waals surface area contributed by atoms with Crippen LogP contribution in [0.15, 0.2) is 24.7 Å². The third kappa shape index (κ3) is 3.36. The lowest BCUT2D eigenvalue weighted by molar-refractivity contribution is 0.219. The predicted octanol–water partition coefficient (Wildman–Crippen LogP) is 3.96. The zero-order chi connectivity index (χ0) is 21.1. The van der Waals surface area contributed by atoms with E-state index >= 15 is 0 Å². The molecule has 7 nitrogen and oxygen atoms in total. The van der Waals surface area contributed by atoms with Crippen molar-refractivity contribution in [3.63, 3.8) is 0 Å². The van der Waals surface area contributed by atoms with Crippen molar-refractivity contribution in [1.29, 1.82) is 0 Å². The molecule has 2 unspecified atom stereocenters. The van der Waals surface area contributed by atoms with Crippen LogP contribution < -0.4 is 10.2 Å². The zero-order valence-electron chi connectivity index (χ0n) is 17.5. The molecule has 0 aromatic carbocycles. The van der Waals surface area contributed by atoms with Gasteiger partial charge in [0.05, 0.1) is 11.9 Å². The maximum absolute atomic E-state index is 14.5. The molecule has 0 amide bonds. The Morgan fingerprint density at radius 1 is 1.16 bits per heavy atom. The van der Waals surface area contributed by atoms with E-state index in [1.807, 2.05) is 13.1 Å². The Kier molecular flexibility index (Phi) is 4.43. The molecule has 1 N–H and O–H groups in total. The first kappa shape index (κ1) is 19.1. The number of rotatable bonds is 3. The molecule has 0 radical (unpaired) electrons. The van der Waals surface area contributed by atoms with Gasteiger partial charge in [-0.1, -0.05) is 17.8 Å². The summed E-state index contributed by atoms with van der Waals surface area (Å²) in [5.74, 6) is 0.115. The van der Waals surface area contributed by atoms with E-state index in [0.29, 0.717) is 35.2 Å². The van der Waals surface area contributed by atoms with Crippen LogP contribution in [0.25, 0.3) is 27.4 Å². The number of thiazole rings is 1. The molecular weight excluding hydrogens is 413 g/mol. The van der Waals surface area contributed by atoms with Gasteiger partial charge in [-0.15, -0.1) is 0 Å². The second kappa shape index (κ2) is 7.20. The monoisotopic (exact) mass is 437 g/mol. The first-order chi connectivity index (χ1) is 15.0. The first-order valence-corrected chi connectivity index (χ1v) is 11.6. The number of imidazole rings is 1. The summed E-state index contributed by atoms with van der Waals surface area (Å²) in [7, 11) is 2.14. The van der Waals surface area contributed by atoms with E-state index in [1.165, 1.54) is 25.3 Å². The Morgan fingerprint density at radius 2 is 1.97 bits per heavy atom. The molecule has 2 saturated heterocycles. The van der Waals surface area contributed by atoms with Crippen LogP contribution in [-0.4, -0.2) is 49.5 Å². The minimum atomic E-state index is -0.379. The number of hydrogen-bond acceptors (Lipinski definition) is 7. The van der Waals surface area contributed by atoms with Gasteiger partial charge in [0, 0.05) is 43.1 Å². The van der Waals surface area contributed by atoms with E-state index in [9.17, 15) is 4.39 Å². The van der Waals surface area contributed by atoms with E-state index in [4.69, 9.17) is 9.97 Å². The Labute approximate surface area is 183 Å². The molecule has 2 aliphatic heterocycles. The van der Waals surface area contributed by atoms with Crippen molar-refractivity contribution in [1.82, 2.24) is 29.7 Å². The minimum absolute atomic E-state index is 0.316. The lowest BCUT2D eigenvalue weighted by atomic mass is 9.83. The Balaban J connectivity index is 1.32. The predicted molar refractivity (Wildman–Crippen MR) is 120 cm³/mol. The topological polar surface area (TPSA) is 71.2 Å². The van der Waals surface area contributed by atoms with E-state index in [2.05, 4.69) is 27.2 Å². The molecule has 2 atom stereocenters. The maximum Gasteiger partial charge on any atom is 0.187 e. The van der Waals surface area contributed by atoms with Crippen LogP contribution in [0.2, 0.25) is 0 Å². The Morgan fingerprint density at radius 3 is 2.77 bits per heavy atom. The fraction of sp³-hybridized carbons (Fsp3) is 0.455. The summed E-state index contributed by atoms with van der Waals surface area (Å²) in [5, 5.41) is 4.73. The molecule has 6 rings (SSSR count). The van der Waals surface area contributed by atoms with Gasteiger partial charge in [-0.3, -0.25) is 0 Å². The fourth-order valence-corrected chi connectivity index (χ4v) is 5.97. The van der Waals surface area contributed by atoms with E-state index < -0.39 is 0 Å². The van der Waals surface area contributed by atoms with Crippen LogP contribution in [0.4, 0.5) is 9.52 Å². The van der Waals surface area contributed by atoms with E-state index in [1.54, 1.807) is 28.1 Å². The van der Waals surface area contributed by atoms with Crippen molar-refractivity contribution in [3.8, 4) is 11.4 Å². The highest BCUT2D eigenvalue weighted by molar-refractivity contribution is 7.21. The maximum atomic E-state index is 14.5. The van der Waals surface area contributed by atoms with Crippen LogP contribution in [0.1, 0.15) is 37.8 Å². The van der Waals surface area contributed by atoms with Crippen molar-refractivity contribution >= 4 is 32.5 Å². The van der Waals surface area contributed by atoms with Gasteiger partial charge in [0.15, 0.2) is 22.4 Å². The molecule has 160 valence electrons. The normalized spacial score (nSPS) is 23.5. The second-order valence-corrected chi connectivity index (χ2v) is 9.75. The van der Waals surface area contributed by atoms with Crippen LogP contribution in [0.3, 0.4) is 0 Å². The summed E-state index contributed by atoms with van der Waals surface area (Å²) in [5.41, 5.74) is 2.49. The van der Waals surface area contributed by atoms with Crippen molar-refractivity contribution in [3.05, 3.63) is 36.2 Å². The van der Waals surface area contributed by atoms with Gasteiger partial charge in [-0.25, -0.2) is 24.3 Å². The standard InChI is InChI=1S/C22H24FN7S/c1-12-10-30-11-13(6-17(23)20(30)25-12)19-24-9-18-21(28-19)31-22(27-18)29(2)16-7-14-4-3-5-15(8-16)26-14/h6,9-11,14-16,26H,3-5,7-8H2,1-2H3. The summed E-state index contributed by atoms with van der Waals surface area (Å²) in [4.78, 5) is 21.3. The van der Waals surface area contributed by atoms with Gasteiger partial charge in [0.2, 0.25) is 0 Å². The molecule has 2 fully saturated rings. The molecule has 2 bridgehead atoms. The van der Waals surface area contributed by atoms with Gasteiger partial charge in [0.25, 0.3) is 0 Å². The highest BCUT2D eigenvalue weighted by atomic mass is 32.1. The summed E-state index contributed by atoms with van der Waals surface area (Å²) in [6.45, 7) is 1.85. The molecule has 31 heavy (non-hydrogen) atoms. The number of fused-ring (bicyclic) bond motifs is 4. The zero-order valence-corrected chi connectivity index (χ0v) is 18.4. The Bertz CT molecular complexity index is 1270. The van der Waals surface area contributed by atoms with Crippen LogP contribution in [0.5, 0.6) is 0 Å². The molecule has 0 spiro atoms. The van der Waals surface area contributed by atoms with Crippen LogP contribution >= 0.6 is 11.3 Å². The number of anilines is 1. The average Bonchev–Trinajstić information content (AvgIpc) is 3.35. The number of piperidine rings is 2. The van der Waals surface area contributed by atoms with Crippen molar-refractivity contribution in [2.24, 2.45) is 0 Å². The quantitative estimate of drug-likeness (QED) is 0.523. The molecule has 0 aliphatic carbocycles. The summed E-state index contributed by atoms with van der Waals surface area (Å²) < 4.78 is 16.2. The third-order valence-electron chi connectivity index (χ3n) is 6.56. The molecule has 9 heteroatoms. The first-order valence-electron chi connectivity index (χ1n) is 10.8. The van der Waals surface area contributed by atoms with Crippen molar-refractivity contribution in [2.75, 3.05) is 11.9 Å². The molecule has 0 saturated carbocycles. The highest BCUT2D eigenvalue weighted by Crippen LogP contribution is 2.34.